The average molecular weight is 372 g/mol. The Kier molecular flexibility index (Phi) is 5.83. The van der Waals surface area contributed by atoms with Gasteiger partial charge in [0.2, 0.25) is 0 Å². The van der Waals surface area contributed by atoms with Gasteiger partial charge in [0.15, 0.2) is 16.6 Å². The fraction of sp³-hybridized carbons (Fsp3) is 0.350. The lowest BCUT2D eigenvalue weighted by atomic mass is 10.1. The maximum absolute atomic E-state index is 5.84. The summed E-state index contributed by atoms with van der Waals surface area (Å²) in [5.41, 5.74) is 3.33. The summed E-state index contributed by atoms with van der Waals surface area (Å²) < 4.78 is 16.9. The summed E-state index contributed by atoms with van der Waals surface area (Å²) in [6, 6.07) is 11.8. The van der Waals surface area contributed by atoms with Crippen LogP contribution in [0.3, 0.4) is 0 Å². The Hall–Kier alpha value is -2.47. The van der Waals surface area contributed by atoms with E-state index in [1.807, 2.05) is 37.3 Å². The number of hydrogen-bond acceptors (Lipinski definition) is 4. The van der Waals surface area contributed by atoms with Crippen LogP contribution in [0.1, 0.15) is 18.1 Å². The van der Waals surface area contributed by atoms with Crippen LogP contribution >= 0.6 is 12.2 Å². The third-order valence-electron chi connectivity index (χ3n) is 4.16. The summed E-state index contributed by atoms with van der Waals surface area (Å²) in [7, 11) is 0. The van der Waals surface area contributed by atoms with Crippen LogP contribution in [-0.4, -0.2) is 31.0 Å². The molecule has 6 heteroatoms. The summed E-state index contributed by atoms with van der Waals surface area (Å²) in [5, 5.41) is 6.93. The van der Waals surface area contributed by atoms with Crippen molar-refractivity contribution in [3.8, 4) is 17.2 Å². The molecule has 5 nitrogen and oxygen atoms in total. The van der Waals surface area contributed by atoms with Gasteiger partial charge in [0.1, 0.15) is 25.6 Å². The summed E-state index contributed by atoms with van der Waals surface area (Å²) in [6.07, 6.45) is 0. The molecule has 0 saturated carbocycles. The standard InChI is InChI=1S/C20H24N2O3S/c1-13-4-6-17(10-14(13)2)25-12-15(3)21-20(26)22-16-5-7-18-19(11-16)24-9-8-23-18/h4-7,10-11,15H,8-9,12H2,1-3H3,(H2,21,22,26). The zero-order valence-electron chi connectivity index (χ0n) is 15.3. The second-order valence-corrected chi connectivity index (χ2v) is 6.82. The molecule has 26 heavy (non-hydrogen) atoms. The fourth-order valence-corrected chi connectivity index (χ4v) is 2.90. The Morgan fingerprint density at radius 3 is 2.62 bits per heavy atom. The van der Waals surface area contributed by atoms with E-state index in [0.29, 0.717) is 24.9 Å². The normalized spacial score (nSPS) is 13.7. The van der Waals surface area contributed by atoms with Crippen molar-refractivity contribution in [2.24, 2.45) is 0 Å². The zero-order chi connectivity index (χ0) is 18.5. The van der Waals surface area contributed by atoms with E-state index in [0.717, 1.165) is 22.9 Å². The van der Waals surface area contributed by atoms with Gasteiger partial charge >= 0.3 is 0 Å². The molecule has 138 valence electrons. The van der Waals surface area contributed by atoms with Crippen molar-refractivity contribution in [2.45, 2.75) is 26.8 Å². The van der Waals surface area contributed by atoms with E-state index in [1.54, 1.807) is 0 Å². The first-order valence-corrected chi connectivity index (χ1v) is 9.09. The summed E-state index contributed by atoms with van der Waals surface area (Å²) in [5.74, 6) is 2.36. The van der Waals surface area contributed by atoms with E-state index in [9.17, 15) is 0 Å². The highest BCUT2D eigenvalue weighted by Crippen LogP contribution is 2.32. The molecule has 0 aromatic heterocycles. The lowest BCUT2D eigenvalue weighted by molar-refractivity contribution is 0.171. The van der Waals surface area contributed by atoms with Crippen molar-refractivity contribution in [3.05, 3.63) is 47.5 Å². The molecule has 1 aliphatic heterocycles. The van der Waals surface area contributed by atoms with Crippen molar-refractivity contribution in [2.75, 3.05) is 25.1 Å². The number of rotatable bonds is 5. The molecule has 1 unspecified atom stereocenters. The Bertz CT molecular complexity index is 795. The molecule has 1 aliphatic rings. The lowest BCUT2D eigenvalue weighted by Gasteiger charge is -2.20. The first-order chi connectivity index (χ1) is 12.5. The lowest BCUT2D eigenvalue weighted by Crippen LogP contribution is -2.39. The van der Waals surface area contributed by atoms with Gasteiger partial charge < -0.3 is 24.8 Å². The summed E-state index contributed by atoms with van der Waals surface area (Å²) >= 11 is 5.39. The third kappa shape index (κ3) is 4.79. The number of benzene rings is 2. The molecular weight excluding hydrogens is 348 g/mol. The number of thiocarbonyl (C=S) groups is 1. The Labute approximate surface area is 159 Å². The molecule has 0 amide bonds. The molecule has 0 fully saturated rings. The van der Waals surface area contributed by atoms with Gasteiger partial charge in [-0.05, 0) is 68.4 Å². The van der Waals surface area contributed by atoms with Gasteiger partial charge in [-0.2, -0.15) is 0 Å². The number of fused-ring (bicyclic) bond motifs is 1. The van der Waals surface area contributed by atoms with Crippen LogP contribution in [0.2, 0.25) is 0 Å². The minimum Gasteiger partial charge on any atom is -0.491 e. The summed E-state index contributed by atoms with van der Waals surface area (Å²) in [4.78, 5) is 0. The molecule has 1 heterocycles. The van der Waals surface area contributed by atoms with E-state index in [1.165, 1.54) is 11.1 Å². The topological polar surface area (TPSA) is 51.8 Å². The van der Waals surface area contributed by atoms with Gasteiger partial charge in [0.05, 0.1) is 6.04 Å². The van der Waals surface area contributed by atoms with Gasteiger partial charge in [-0.3, -0.25) is 0 Å². The molecule has 0 radical (unpaired) electrons. The highest BCUT2D eigenvalue weighted by molar-refractivity contribution is 7.80. The minimum absolute atomic E-state index is 0.0637. The largest absolute Gasteiger partial charge is 0.491 e. The van der Waals surface area contributed by atoms with Gasteiger partial charge in [0, 0.05) is 11.8 Å². The minimum atomic E-state index is 0.0637. The van der Waals surface area contributed by atoms with E-state index >= 15 is 0 Å². The Morgan fingerprint density at radius 2 is 1.85 bits per heavy atom. The molecule has 2 aromatic carbocycles. The maximum Gasteiger partial charge on any atom is 0.171 e. The predicted octanol–water partition coefficient (Wildman–Crippen LogP) is 3.83. The summed E-state index contributed by atoms with van der Waals surface area (Å²) in [6.45, 7) is 7.86. The second-order valence-electron chi connectivity index (χ2n) is 6.42. The average Bonchev–Trinajstić information content (AvgIpc) is 2.62. The molecule has 2 N–H and O–H groups in total. The molecule has 0 spiro atoms. The number of hydrogen-bond donors (Lipinski definition) is 2. The molecule has 0 bridgehead atoms. The first-order valence-electron chi connectivity index (χ1n) is 8.68. The van der Waals surface area contributed by atoms with Crippen LogP contribution < -0.4 is 24.8 Å². The van der Waals surface area contributed by atoms with Crippen molar-refractivity contribution in [3.63, 3.8) is 0 Å². The number of aryl methyl sites for hydroxylation is 2. The fourth-order valence-electron chi connectivity index (χ4n) is 2.58. The molecule has 2 aromatic rings. The molecule has 1 atom stereocenters. The first kappa shape index (κ1) is 18.3. The van der Waals surface area contributed by atoms with E-state index in [4.69, 9.17) is 26.4 Å². The molecule has 0 aliphatic carbocycles. The van der Waals surface area contributed by atoms with Gasteiger partial charge in [-0.1, -0.05) is 6.07 Å². The predicted molar refractivity (Wildman–Crippen MR) is 108 cm³/mol. The number of anilines is 1. The third-order valence-corrected chi connectivity index (χ3v) is 4.38. The van der Waals surface area contributed by atoms with Crippen LogP contribution in [0.4, 0.5) is 5.69 Å². The van der Waals surface area contributed by atoms with Gasteiger partial charge in [-0.15, -0.1) is 0 Å². The molecule has 3 rings (SSSR count). The number of nitrogens with one attached hydrogen (secondary N) is 2. The van der Waals surface area contributed by atoms with Crippen LogP contribution in [0.25, 0.3) is 0 Å². The van der Waals surface area contributed by atoms with Crippen molar-refractivity contribution in [1.82, 2.24) is 5.32 Å². The van der Waals surface area contributed by atoms with Crippen LogP contribution in [0.15, 0.2) is 36.4 Å². The van der Waals surface area contributed by atoms with Crippen LogP contribution in [0, 0.1) is 13.8 Å². The van der Waals surface area contributed by atoms with E-state index in [2.05, 4.69) is 30.5 Å². The molecule has 0 saturated heterocycles. The van der Waals surface area contributed by atoms with Crippen molar-refractivity contribution < 1.29 is 14.2 Å². The van der Waals surface area contributed by atoms with Crippen LogP contribution in [-0.2, 0) is 0 Å². The number of ether oxygens (including phenoxy) is 3. The zero-order valence-corrected chi connectivity index (χ0v) is 16.1. The Balaban J connectivity index is 1.48. The highest BCUT2D eigenvalue weighted by atomic mass is 32.1. The quantitative estimate of drug-likeness (QED) is 0.778. The van der Waals surface area contributed by atoms with E-state index < -0.39 is 0 Å². The van der Waals surface area contributed by atoms with Crippen molar-refractivity contribution >= 4 is 23.0 Å². The SMILES string of the molecule is Cc1ccc(OCC(C)NC(=S)Nc2ccc3c(c2)OCCO3)cc1C. The monoisotopic (exact) mass is 372 g/mol. The smallest absolute Gasteiger partial charge is 0.171 e. The van der Waals surface area contributed by atoms with Crippen LogP contribution in [0.5, 0.6) is 17.2 Å². The Morgan fingerprint density at radius 1 is 1.08 bits per heavy atom. The van der Waals surface area contributed by atoms with E-state index in [-0.39, 0.29) is 6.04 Å². The van der Waals surface area contributed by atoms with Crippen molar-refractivity contribution in [1.29, 1.82) is 0 Å². The highest BCUT2D eigenvalue weighted by Gasteiger charge is 2.12. The van der Waals surface area contributed by atoms with Gasteiger partial charge in [-0.25, -0.2) is 0 Å². The molecular formula is C20H24N2O3S. The second kappa shape index (κ2) is 8.27. The van der Waals surface area contributed by atoms with Gasteiger partial charge in [0.25, 0.3) is 0 Å². The maximum atomic E-state index is 5.84.